The molecular weight excluding hydrogens is 360 g/mol. The van der Waals surface area contributed by atoms with Gasteiger partial charge in [-0.1, -0.05) is 23.5 Å². The highest BCUT2D eigenvalue weighted by Crippen LogP contribution is 2.26. The average molecular weight is 387 g/mol. The fourth-order valence-electron chi connectivity index (χ4n) is 2.27. The Bertz CT molecular complexity index is 588. The van der Waals surface area contributed by atoms with Crippen LogP contribution >= 0.6 is 23.5 Å². The van der Waals surface area contributed by atoms with Crippen LogP contribution in [0.3, 0.4) is 0 Å². The van der Waals surface area contributed by atoms with Crippen LogP contribution in [-0.4, -0.2) is 46.5 Å². The molecule has 0 unspecified atom stereocenters. The molecule has 0 aliphatic carbocycles. The molecule has 0 aliphatic rings. The van der Waals surface area contributed by atoms with Crippen molar-refractivity contribution in [2.24, 2.45) is 14.1 Å². The van der Waals surface area contributed by atoms with E-state index in [1.807, 2.05) is 62.4 Å². The first-order valence-electron chi connectivity index (χ1n) is 7.59. The van der Waals surface area contributed by atoms with Gasteiger partial charge in [-0.05, 0) is 26.2 Å². The van der Waals surface area contributed by atoms with Gasteiger partial charge in [0.1, 0.15) is 0 Å². The lowest BCUT2D eigenvalue weighted by molar-refractivity contribution is 0.556. The Morgan fingerprint density at radius 1 is 0.870 bits per heavy atom. The summed E-state index contributed by atoms with van der Waals surface area (Å²) in [4.78, 5) is 8.77. The molecule has 0 saturated carbocycles. The lowest BCUT2D eigenvalue weighted by Gasteiger charge is -2.33. The summed E-state index contributed by atoms with van der Waals surface area (Å²) in [6, 6.07) is 0. The third-order valence-corrected chi connectivity index (χ3v) is 15.6. The molecule has 0 aliphatic heterocycles. The molecule has 0 radical (unpaired) electrons. The first-order chi connectivity index (χ1) is 10.7. The summed E-state index contributed by atoms with van der Waals surface area (Å²) in [6.45, 7) is 9.23. The molecule has 0 N–H and O–H groups in total. The lowest BCUT2D eigenvalue weighted by Crippen LogP contribution is -2.48. The molecular formula is C14H26N4OS2Si2. The topological polar surface area (TPSA) is 44.9 Å². The maximum Gasteiger partial charge on any atom is 0.183 e. The van der Waals surface area contributed by atoms with E-state index in [4.69, 9.17) is 4.12 Å². The molecule has 0 amide bonds. The molecule has 2 aromatic heterocycles. The molecule has 0 saturated heterocycles. The highest BCUT2D eigenvalue weighted by molar-refractivity contribution is 8.01. The van der Waals surface area contributed by atoms with Gasteiger partial charge in [0.2, 0.25) is 0 Å². The predicted octanol–water partition coefficient (Wildman–Crippen LogP) is 3.54. The van der Waals surface area contributed by atoms with E-state index in [0.717, 1.165) is 21.1 Å². The van der Waals surface area contributed by atoms with Crippen LogP contribution in [0, 0.1) is 0 Å². The minimum absolute atomic E-state index is 1.03. The smallest absolute Gasteiger partial charge is 0.183 e. The minimum Gasteiger partial charge on any atom is -0.454 e. The largest absolute Gasteiger partial charge is 0.454 e. The van der Waals surface area contributed by atoms with Crippen molar-refractivity contribution in [2.45, 2.75) is 36.5 Å². The third kappa shape index (κ3) is 5.82. The molecule has 0 bridgehead atoms. The number of hydrogen-bond donors (Lipinski definition) is 0. The summed E-state index contributed by atoms with van der Waals surface area (Å²) < 4.78 is 10.8. The van der Waals surface area contributed by atoms with Crippen molar-refractivity contribution in [3.63, 3.8) is 0 Å². The van der Waals surface area contributed by atoms with E-state index in [1.54, 1.807) is 0 Å². The number of imidazole rings is 2. The molecule has 9 heteroatoms. The van der Waals surface area contributed by atoms with Crippen LogP contribution in [0.5, 0.6) is 0 Å². The first-order valence-corrected chi connectivity index (χ1v) is 15.8. The fraction of sp³-hybridized carbons (Fsp3) is 0.571. The van der Waals surface area contributed by atoms with E-state index in [-0.39, 0.29) is 0 Å². The first kappa shape index (κ1) is 18.8. The van der Waals surface area contributed by atoms with Crippen LogP contribution in [-0.2, 0) is 18.2 Å². The normalized spacial score (nSPS) is 12.8. The summed E-state index contributed by atoms with van der Waals surface area (Å²) in [7, 11) is 0.624. The Morgan fingerprint density at radius 3 is 1.57 bits per heavy atom. The van der Waals surface area contributed by atoms with Crippen LogP contribution in [0.4, 0.5) is 0 Å². The highest BCUT2D eigenvalue weighted by atomic mass is 32.2. The van der Waals surface area contributed by atoms with Gasteiger partial charge in [0.25, 0.3) is 0 Å². The summed E-state index contributed by atoms with van der Waals surface area (Å²) in [6.07, 6.45) is 7.67. The maximum absolute atomic E-state index is 6.66. The maximum atomic E-state index is 6.66. The van der Waals surface area contributed by atoms with Gasteiger partial charge in [-0.3, -0.25) is 0 Å². The Kier molecular flexibility index (Phi) is 6.23. The van der Waals surface area contributed by atoms with Gasteiger partial charge in [-0.15, -0.1) is 0 Å². The Hall–Kier alpha value is -0.486. The van der Waals surface area contributed by atoms with Gasteiger partial charge in [-0.25, -0.2) is 9.97 Å². The predicted molar refractivity (Wildman–Crippen MR) is 104 cm³/mol. The Morgan fingerprint density at radius 2 is 1.26 bits per heavy atom. The molecule has 2 rings (SSSR count). The van der Waals surface area contributed by atoms with Crippen molar-refractivity contribution in [3.05, 3.63) is 24.8 Å². The number of nitrogens with zero attached hydrogens (tertiary/aromatic N) is 4. The van der Waals surface area contributed by atoms with Crippen molar-refractivity contribution in [2.75, 3.05) is 10.8 Å². The van der Waals surface area contributed by atoms with Gasteiger partial charge < -0.3 is 13.2 Å². The summed E-state index contributed by atoms with van der Waals surface area (Å²) >= 11 is 3.61. The zero-order valence-electron chi connectivity index (χ0n) is 14.7. The second kappa shape index (κ2) is 7.60. The van der Waals surface area contributed by atoms with Crippen molar-refractivity contribution in [1.82, 2.24) is 19.1 Å². The summed E-state index contributed by atoms with van der Waals surface area (Å²) in [5.41, 5.74) is 0. The van der Waals surface area contributed by atoms with Gasteiger partial charge in [0.15, 0.2) is 26.9 Å². The van der Waals surface area contributed by atoms with Gasteiger partial charge in [-0.2, -0.15) is 0 Å². The molecule has 0 atom stereocenters. The van der Waals surface area contributed by atoms with E-state index in [2.05, 4.69) is 45.3 Å². The van der Waals surface area contributed by atoms with E-state index >= 15 is 0 Å². The van der Waals surface area contributed by atoms with E-state index in [1.165, 1.54) is 0 Å². The van der Waals surface area contributed by atoms with Crippen molar-refractivity contribution in [1.29, 1.82) is 0 Å². The van der Waals surface area contributed by atoms with Gasteiger partial charge in [0, 0.05) is 49.6 Å². The van der Waals surface area contributed by atoms with Crippen LogP contribution in [0.2, 0.25) is 26.2 Å². The van der Waals surface area contributed by atoms with Crippen molar-refractivity contribution >= 4 is 40.2 Å². The molecule has 0 fully saturated rings. The summed E-state index contributed by atoms with van der Waals surface area (Å²) in [5.74, 6) is 0. The molecule has 128 valence electrons. The van der Waals surface area contributed by atoms with Crippen LogP contribution in [0.15, 0.2) is 35.1 Å². The number of hydrogen-bond acceptors (Lipinski definition) is 5. The zero-order valence-corrected chi connectivity index (χ0v) is 18.4. The second-order valence-electron chi connectivity index (χ2n) is 6.84. The van der Waals surface area contributed by atoms with Crippen LogP contribution < -0.4 is 0 Å². The molecule has 23 heavy (non-hydrogen) atoms. The molecule has 0 aromatic carbocycles. The van der Waals surface area contributed by atoms with E-state index < -0.39 is 16.6 Å². The lowest BCUT2D eigenvalue weighted by atomic mass is 10.9. The zero-order chi connectivity index (χ0) is 17.1. The van der Waals surface area contributed by atoms with Crippen LogP contribution in [0.1, 0.15) is 0 Å². The molecule has 2 aromatic rings. The number of aryl methyl sites for hydroxylation is 2. The molecule has 0 spiro atoms. The second-order valence-corrected chi connectivity index (χ2v) is 18.3. The number of rotatable bonds is 8. The Balaban J connectivity index is 1.87. The van der Waals surface area contributed by atoms with E-state index in [9.17, 15) is 0 Å². The van der Waals surface area contributed by atoms with Crippen molar-refractivity contribution in [3.8, 4) is 0 Å². The monoisotopic (exact) mass is 386 g/mol. The van der Waals surface area contributed by atoms with E-state index in [0.29, 0.717) is 0 Å². The highest BCUT2D eigenvalue weighted by Gasteiger charge is 2.33. The van der Waals surface area contributed by atoms with Crippen LogP contribution in [0.25, 0.3) is 0 Å². The van der Waals surface area contributed by atoms with Crippen molar-refractivity contribution < 1.29 is 4.12 Å². The SMILES string of the molecule is Cn1ccnc1SC[Si](C)(C)O[Si](C)(C)CSc1nccn1C. The fourth-order valence-corrected chi connectivity index (χ4v) is 14.4. The quantitative estimate of drug-likeness (QED) is 0.513. The summed E-state index contributed by atoms with van der Waals surface area (Å²) in [5, 5.41) is 4.19. The number of aromatic nitrogens is 4. The standard InChI is InChI=1S/C14H26N4OS2Si2/c1-17-9-7-15-13(17)20-11-22(3,4)19-23(5,6)12-21-14-16-8-10-18(14)2/h7-10H,11-12H2,1-6H3. The van der Waals surface area contributed by atoms with Gasteiger partial charge >= 0.3 is 0 Å². The van der Waals surface area contributed by atoms with Gasteiger partial charge in [0.05, 0.1) is 0 Å². The molecule has 2 heterocycles. The molecule has 5 nitrogen and oxygen atoms in total. The average Bonchev–Trinajstić information content (AvgIpc) is 3.02. The Labute approximate surface area is 149 Å². The minimum atomic E-state index is -1.72. The third-order valence-electron chi connectivity index (χ3n) is 3.20. The number of thioether (sulfide) groups is 2.